The fourth-order valence-corrected chi connectivity index (χ4v) is 1.55. The topological polar surface area (TPSA) is 47.5 Å². The summed E-state index contributed by atoms with van der Waals surface area (Å²) in [6.45, 7) is 6.81. The van der Waals surface area contributed by atoms with Crippen molar-refractivity contribution in [3.63, 3.8) is 0 Å². The zero-order valence-electron chi connectivity index (χ0n) is 6.53. The van der Waals surface area contributed by atoms with Gasteiger partial charge >= 0.3 is 0 Å². The van der Waals surface area contributed by atoms with Gasteiger partial charge in [-0.15, -0.1) is 0 Å². The van der Waals surface area contributed by atoms with Gasteiger partial charge < -0.3 is 0 Å². The molecule has 0 bridgehead atoms. The molecule has 0 fully saturated rings. The minimum atomic E-state index is -0.481. The Bertz CT molecular complexity index is 384. The Morgan fingerprint density at radius 1 is 1.62 bits per heavy atom. The molecular formula is C8H5BrN2O2. The summed E-state index contributed by atoms with van der Waals surface area (Å²) in [7, 11) is 0. The SMILES string of the molecule is [C-]#[N+]c1cccc([N+](=O)[O-])c1CBr. The van der Waals surface area contributed by atoms with Crippen LogP contribution in [0.5, 0.6) is 0 Å². The highest BCUT2D eigenvalue weighted by atomic mass is 79.9. The van der Waals surface area contributed by atoms with E-state index in [0.717, 1.165) is 0 Å². The second-order valence-electron chi connectivity index (χ2n) is 2.28. The highest BCUT2D eigenvalue weighted by Gasteiger charge is 2.15. The molecule has 0 radical (unpaired) electrons. The molecule has 0 aromatic heterocycles. The largest absolute Gasteiger partial charge is 0.263 e. The van der Waals surface area contributed by atoms with Crippen molar-refractivity contribution in [2.45, 2.75) is 5.33 Å². The van der Waals surface area contributed by atoms with Gasteiger partial charge in [0.2, 0.25) is 0 Å². The van der Waals surface area contributed by atoms with Crippen molar-refractivity contribution >= 4 is 27.3 Å². The summed E-state index contributed by atoms with van der Waals surface area (Å²) in [4.78, 5) is 13.2. The van der Waals surface area contributed by atoms with E-state index in [2.05, 4.69) is 20.8 Å². The standard InChI is InChI=1S/C8H5BrN2O2/c1-10-7-3-2-4-8(11(12)13)6(7)5-9/h2-4H,5H2. The summed E-state index contributed by atoms with van der Waals surface area (Å²) < 4.78 is 0. The summed E-state index contributed by atoms with van der Waals surface area (Å²) in [5.74, 6) is 0. The van der Waals surface area contributed by atoms with Gasteiger partial charge in [-0.1, -0.05) is 28.1 Å². The molecule has 0 aliphatic rings. The molecule has 0 aliphatic heterocycles. The summed E-state index contributed by atoms with van der Waals surface area (Å²) >= 11 is 3.12. The number of hydrogen-bond acceptors (Lipinski definition) is 2. The van der Waals surface area contributed by atoms with Crippen molar-refractivity contribution < 1.29 is 4.92 Å². The van der Waals surface area contributed by atoms with Crippen LogP contribution in [-0.2, 0) is 5.33 Å². The van der Waals surface area contributed by atoms with Crippen LogP contribution in [0.3, 0.4) is 0 Å². The summed E-state index contributed by atoms with van der Waals surface area (Å²) in [5.41, 5.74) is 0.749. The zero-order valence-corrected chi connectivity index (χ0v) is 8.11. The highest BCUT2D eigenvalue weighted by Crippen LogP contribution is 2.30. The summed E-state index contributed by atoms with van der Waals surface area (Å²) in [5, 5.41) is 10.9. The third kappa shape index (κ3) is 1.84. The van der Waals surface area contributed by atoms with Crippen LogP contribution < -0.4 is 0 Å². The first kappa shape index (κ1) is 9.68. The van der Waals surface area contributed by atoms with Gasteiger partial charge in [-0.3, -0.25) is 10.1 Å². The first-order valence-electron chi connectivity index (χ1n) is 3.40. The molecule has 0 saturated carbocycles. The van der Waals surface area contributed by atoms with Crippen LogP contribution in [-0.4, -0.2) is 4.92 Å². The maximum absolute atomic E-state index is 10.5. The molecule has 0 unspecified atom stereocenters. The molecule has 0 atom stereocenters. The van der Waals surface area contributed by atoms with Crippen LogP contribution in [0.4, 0.5) is 11.4 Å². The van der Waals surface area contributed by atoms with E-state index < -0.39 is 4.92 Å². The minimum Gasteiger partial charge on any atom is -0.258 e. The molecule has 66 valence electrons. The molecule has 1 aromatic carbocycles. The van der Waals surface area contributed by atoms with Crippen LogP contribution in [0.1, 0.15) is 5.56 Å². The number of alkyl halides is 1. The molecule has 0 saturated heterocycles. The molecule has 0 N–H and O–H groups in total. The Morgan fingerprint density at radius 3 is 2.77 bits per heavy atom. The summed E-state index contributed by atoms with van der Waals surface area (Å²) in [6.07, 6.45) is 0. The lowest BCUT2D eigenvalue weighted by molar-refractivity contribution is -0.385. The predicted molar refractivity (Wildman–Crippen MR) is 52.0 cm³/mol. The van der Waals surface area contributed by atoms with E-state index >= 15 is 0 Å². The Balaban J connectivity index is 3.38. The van der Waals surface area contributed by atoms with Gasteiger partial charge in [0.05, 0.1) is 11.5 Å². The van der Waals surface area contributed by atoms with Crippen molar-refractivity contribution in [1.82, 2.24) is 0 Å². The number of nitro groups is 1. The lowest BCUT2D eigenvalue weighted by atomic mass is 10.1. The van der Waals surface area contributed by atoms with Crippen molar-refractivity contribution in [2.75, 3.05) is 0 Å². The molecule has 0 heterocycles. The molecule has 0 spiro atoms. The fourth-order valence-electron chi connectivity index (χ4n) is 0.976. The Morgan fingerprint density at radius 2 is 2.31 bits per heavy atom. The van der Waals surface area contributed by atoms with Crippen LogP contribution in [0.25, 0.3) is 4.85 Å². The Hall–Kier alpha value is -1.41. The zero-order chi connectivity index (χ0) is 9.84. The maximum atomic E-state index is 10.5. The van der Waals surface area contributed by atoms with Gasteiger partial charge in [-0.05, 0) is 0 Å². The van der Waals surface area contributed by atoms with Crippen LogP contribution in [0.15, 0.2) is 18.2 Å². The summed E-state index contributed by atoms with van der Waals surface area (Å²) in [6, 6.07) is 4.47. The Labute approximate surface area is 83.3 Å². The van der Waals surface area contributed by atoms with Gasteiger partial charge in [0, 0.05) is 17.0 Å². The van der Waals surface area contributed by atoms with E-state index in [1.54, 1.807) is 6.07 Å². The first-order valence-corrected chi connectivity index (χ1v) is 4.52. The van der Waals surface area contributed by atoms with Crippen molar-refractivity contribution in [3.05, 3.63) is 45.3 Å². The van der Waals surface area contributed by atoms with Crippen molar-refractivity contribution in [1.29, 1.82) is 0 Å². The second-order valence-corrected chi connectivity index (χ2v) is 2.84. The number of nitro benzene ring substituents is 1. The normalized spacial score (nSPS) is 9.23. The molecule has 0 aliphatic carbocycles. The lowest BCUT2D eigenvalue weighted by Gasteiger charge is -1.99. The van der Waals surface area contributed by atoms with Gasteiger partial charge in [0.1, 0.15) is 0 Å². The Kier molecular flexibility index (Phi) is 2.98. The number of hydrogen-bond donors (Lipinski definition) is 0. The van der Waals surface area contributed by atoms with Crippen LogP contribution in [0.2, 0.25) is 0 Å². The second kappa shape index (κ2) is 4.01. The smallest absolute Gasteiger partial charge is 0.258 e. The van der Waals surface area contributed by atoms with E-state index in [1.807, 2.05) is 0 Å². The van der Waals surface area contributed by atoms with E-state index in [-0.39, 0.29) is 5.69 Å². The number of halogens is 1. The minimum absolute atomic E-state index is 0.00891. The molecule has 0 amide bonds. The fraction of sp³-hybridized carbons (Fsp3) is 0.125. The quantitative estimate of drug-likeness (QED) is 0.345. The predicted octanol–water partition coefficient (Wildman–Crippen LogP) is 3.04. The first-order chi connectivity index (χ1) is 6.20. The average Bonchev–Trinajstić information content (AvgIpc) is 2.16. The van der Waals surface area contributed by atoms with Gasteiger partial charge in [0.25, 0.3) is 5.69 Å². The average molecular weight is 241 g/mol. The van der Waals surface area contributed by atoms with Crippen LogP contribution >= 0.6 is 15.9 Å². The number of benzene rings is 1. The molecule has 5 heteroatoms. The molecule has 4 nitrogen and oxygen atoms in total. The van der Waals surface area contributed by atoms with Crippen molar-refractivity contribution in [2.24, 2.45) is 0 Å². The molecule has 1 aromatic rings. The third-order valence-corrected chi connectivity index (χ3v) is 2.14. The number of nitrogens with zero attached hydrogens (tertiary/aromatic N) is 2. The maximum Gasteiger partial charge on any atom is 0.263 e. The van der Waals surface area contributed by atoms with Gasteiger partial charge in [-0.25, -0.2) is 4.85 Å². The highest BCUT2D eigenvalue weighted by molar-refractivity contribution is 9.08. The van der Waals surface area contributed by atoms with Gasteiger partial charge in [-0.2, -0.15) is 0 Å². The van der Waals surface area contributed by atoms with Gasteiger partial charge in [0.15, 0.2) is 5.69 Å². The van der Waals surface area contributed by atoms with E-state index in [1.165, 1.54) is 12.1 Å². The third-order valence-electron chi connectivity index (χ3n) is 1.58. The van der Waals surface area contributed by atoms with E-state index in [0.29, 0.717) is 16.6 Å². The lowest BCUT2D eigenvalue weighted by Crippen LogP contribution is -1.92. The number of rotatable bonds is 2. The van der Waals surface area contributed by atoms with E-state index in [9.17, 15) is 10.1 Å². The monoisotopic (exact) mass is 240 g/mol. The molecular weight excluding hydrogens is 236 g/mol. The molecule has 1 rings (SSSR count). The molecule has 13 heavy (non-hydrogen) atoms. The van der Waals surface area contributed by atoms with Crippen LogP contribution in [0, 0.1) is 16.7 Å². The van der Waals surface area contributed by atoms with E-state index in [4.69, 9.17) is 6.57 Å². The van der Waals surface area contributed by atoms with Crippen molar-refractivity contribution in [3.8, 4) is 0 Å².